The molecule has 0 fully saturated rings. The Morgan fingerprint density at radius 1 is 0.579 bits per heavy atom. The summed E-state index contributed by atoms with van der Waals surface area (Å²) in [4.78, 5) is 2.53. The summed E-state index contributed by atoms with van der Waals surface area (Å²) in [6.45, 7) is 22.2. The van der Waals surface area contributed by atoms with Crippen molar-refractivity contribution in [3.05, 3.63) is 125 Å². The molecule has 0 spiro atoms. The maximum absolute atomic E-state index is 3.87. The first-order chi connectivity index (χ1) is 18.6. The van der Waals surface area contributed by atoms with Crippen molar-refractivity contribution in [1.82, 2.24) is 20.9 Å². The molecule has 0 aromatic heterocycles. The van der Waals surface area contributed by atoms with Crippen LogP contribution in [0.4, 0.5) is 0 Å². The normalized spacial score (nSPS) is 11.0. The fourth-order valence-electron chi connectivity index (χ4n) is 4.32. The summed E-state index contributed by atoms with van der Waals surface area (Å²) in [5.41, 5.74) is 8.73. The highest BCUT2D eigenvalue weighted by molar-refractivity contribution is 5.50. The summed E-state index contributed by atoms with van der Waals surface area (Å²) in [6, 6.07) is 23.7. The van der Waals surface area contributed by atoms with E-state index >= 15 is 0 Å². The lowest BCUT2D eigenvalue weighted by molar-refractivity contribution is 0.271. The van der Waals surface area contributed by atoms with Crippen LogP contribution in [-0.2, 0) is 19.6 Å². The minimum Gasteiger partial charge on any atom is -0.311 e. The fourth-order valence-corrected chi connectivity index (χ4v) is 4.32. The van der Waals surface area contributed by atoms with Gasteiger partial charge in [0.05, 0.1) is 0 Å². The molecule has 200 valence electrons. The van der Waals surface area contributed by atoms with Crippen molar-refractivity contribution >= 4 is 18.2 Å². The van der Waals surface area contributed by atoms with Crippen LogP contribution in [-0.4, -0.2) is 44.2 Å². The smallest absolute Gasteiger partial charge is 0.0208 e. The van der Waals surface area contributed by atoms with Crippen molar-refractivity contribution in [3.63, 3.8) is 0 Å². The van der Waals surface area contributed by atoms with Gasteiger partial charge >= 0.3 is 0 Å². The lowest BCUT2D eigenvalue weighted by Gasteiger charge is -2.23. The van der Waals surface area contributed by atoms with Gasteiger partial charge in [-0.2, -0.15) is 0 Å². The van der Waals surface area contributed by atoms with E-state index in [4.69, 9.17) is 0 Å². The van der Waals surface area contributed by atoms with Gasteiger partial charge in [0, 0.05) is 58.9 Å². The van der Waals surface area contributed by atoms with Gasteiger partial charge in [-0.15, -0.1) is 0 Å². The maximum atomic E-state index is 3.87. The Hall–Kier alpha value is -3.28. The average molecular weight is 509 g/mol. The van der Waals surface area contributed by atoms with Crippen LogP contribution in [0.1, 0.15) is 38.9 Å². The Bertz CT molecular complexity index is 1070. The zero-order valence-corrected chi connectivity index (χ0v) is 23.0. The minimum absolute atomic E-state index is 0.877. The summed E-state index contributed by atoms with van der Waals surface area (Å²) in [5, 5.41) is 10.9. The molecule has 3 aromatic rings. The molecule has 0 heterocycles. The fraction of sp³-hybridized carbons (Fsp3) is 0.294. The van der Waals surface area contributed by atoms with Gasteiger partial charge in [-0.25, -0.2) is 0 Å². The van der Waals surface area contributed by atoms with Crippen LogP contribution in [0, 0.1) is 6.92 Å². The molecule has 4 heteroatoms. The van der Waals surface area contributed by atoms with Crippen LogP contribution < -0.4 is 16.0 Å². The second-order valence-electron chi connectivity index (χ2n) is 9.65. The first-order valence-electron chi connectivity index (χ1n) is 13.6. The summed E-state index contributed by atoms with van der Waals surface area (Å²) >= 11 is 0. The second kappa shape index (κ2) is 16.5. The van der Waals surface area contributed by atoms with E-state index in [9.17, 15) is 0 Å². The van der Waals surface area contributed by atoms with E-state index in [-0.39, 0.29) is 0 Å². The number of hydrogen-bond donors (Lipinski definition) is 3. The molecule has 4 nitrogen and oxygen atoms in total. The van der Waals surface area contributed by atoms with Crippen LogP contribution in [0.3, 0.4) is 0 Å². The lowest BCUT2D eigenvalue weighted by atomic mass is 10.1. The first-order valence-corrected chi connectivity index (χ1v) is 13.6. The second-order valence-corrected chi connectivity index (χ2v) is 9.65. The highest BCUT2D eigenvalue weighted by Crippen LogP contribution is 2.12. The van der Waals surface area contributed by atoms with E-state index < -0.39 is 0 Å². The van der Waals surface area contributed by atoms with Crippen molar-refractivity contribution < 1.29 is 0 Å². The largest absolute Gasteiger partial charge is 0.311 e. The summed E-state index contributed by atoms with van der Waals surface area (Å²) in [5.74, 6) is 0. The van der Waals surface area contributed by atoms with Crippen LogP contribution >= 0.6 is 0 Å². The standard InChI is InChI=1S/C34H44N4/c1-5-29-8-12-32(13-9-29)25-35-18-21-38(22-19-36-26-33-14-10-30(6-2)11-15-33)23-20-37-27-34-17-16-31(7-3)24-28(34)4/h5-17,24,35-37H,1-3,18-23,25-27H2,4H3. The lowest BCUT2D eigenvalue weighted by Crippen LogP contribution is -2.40. The van der Waals surface area contributed by atoms with Gasteiger partial charge < -0.3 is 16.0 Å². The van der Waals surface area contributed by atoms with Crippen molar-refractivity contribution in [3.8, 4) is 0 Å². The molecular formula is C34H44N4. The Labute approximate surface area is 230 Å². The number of benzene rings is 3. The summed E-state index contributed by atoms with van der Waals surface area (Å²) in [6.07, 6.45) is 5.66. The molecule has 0 aliphatic heterocycles. The van der Waals surface area contributed by atoms with Crippen LogP contribution in [0.5, 0.6) is 0 Å². The molecular weight excluding hydrogens is 464 g/mol. The Balaban J connectivity index is 1.43. The third-order valence-electron chi connectivity index (χ3n) is 6.82. The van der Waals surface area contributed by atoms with Gasteiger partial charge in [0.15, 0.2) is 0 Å². The van der Waals surface area contributed by atoms with Gasteiger partial charge in [0.25, 0.3) is 0 Å². The van der Waals surface area contributed by atoms with Gasteiger partial charge in [0.1, 0.15) is 0 Å². The van der Waals surface area contributed by atoms with Gasteiger partial charge in [-0.05, 0) is 45.9 Å². The summed E-state index contributed by atoms with van der Waals surface area (Å²) < 4.78 is 0. The SMILES string of the molecule is C=Cc1ccc(CNCCN(CCNCc2ccc(C=C)cc2)CCNCc2ccc(C=C)cc2C)cc1. The van der Waals surface area contributed by atoms with E-state index in [1.165, 1.54) is 27.8 Å². The van der Waals surface area contributed by atoms with E-state index in [2.05, 4.69) is 114 Å². The van der Waals surface area contributed by atoms with E-state index in [0.29, 0.717) is 0 Å². The van der Waals surface area contributed by atoms with Crippen molar-refractivity contribution in [2.45, 2.75) is 26.6 Å². The molecule has 38 heavy (non-hydrogen) atoms. The third-order valence-corrected chi connectivity index (χ3v) is 6.82. The molecule has 3 aromatic carbocycles. The highest BCUT2D eigenvalue weighted by atomic mass is 15.2. The number of rotatable bonds is 18. The zero-order valence-electron chi connectivity index (χ0n) is 23.0. The van der Waals surface area contributed by atoms with Crippen LogP contribution in [0.25, 0.3) is 18.2 Å². The van der Waals surface area contributed by atoms with Crippen molar-refractivity contribution in [1.29, 1.82) is 0 Å². The molecule has 0 saturated carbocycles. The molecule has 0 aliphatic carbocycles. The van der Waals surface area contributed by atoms with Crippen LogP contribution in [0.15, 0.2) is 86.5 Å². The number of aryl methyl sites for hydroxylation is 1. The van der Waals surface area contributed by atoms with E-state index in [1.807, 2.05) is 18.2 Å². The zero-order chi connectivity index (χ0) is 27.0. The average Bonchev–Trinajstić information content (AvgIpc) is 2.96. The molecule has 0 radical (unpaired) electrons. The Morgan fingerprint density at radius 3 is 1.42 bits per heavy atom. The highest BCUT2D eigenvalue weighted by Gasteiger charge is 2.06. The van der Waals surface area contributed by atoms with E-state index in [0.717, 1.165) is 70.0 Å². The predicted molar refractivity (Wildman–Crippen MR) is 166 cm³/mol. The maximum Gasteiger partial charge on any atom is 0.0208 e. The molecule has 0 atom stereocenters. The molecule has 0 amide bonds. The first kappa shape index (κ1) is 29.3. The molecule has 0 bridgehead atoms. The predicted octanol–water partition coefficient (Wildman–Crippen LogP) is 5.90. The quantitative estimate of drug-likeness (QED) is 0.187. The molecule has 3 rings (SSSR count). The van der Waals surface area contributed by atoms with Crippen LogP contribution in [0.2, 0.25) is 0 Å². The number of nitrogens with one attached hydrogen (secondary N) is 3. The molecule has 0 saturated heterocycles. The number of nitrogens with zero attached hydrogens (tertiary/aromatic N) is 1. The van der Waals surface area contributed by atoms with Crippen molar-refractivity contribution in [2.75, 3.05) is 39.3 Å². The summed E-state index contributed by atoms with van der Waals surface area (Å²) in [7, 11) is 0. The topological polar surface area (TPSA) is 39.3 Å². The van der Waals surface area contributed by atoms with Gasteiger partial charge in [0.2, 0.25) is 0 Å². The Kier molecular flexibility index (Phi) is 12.7. The number of hydrogen-bond acceptors (Lipinski definition) is 4. The monoisotopic (exact) mass is 508 g/mol. The van der Waals surface area contributed by atoms with Crippen molar-refractivity contribution in [2.24, 2.45) is 0 Å². The molecule has 0 unspecified atom stereocenters. The van der Waals surface area contributed by atoms with E-state index in [1.54, 1.807) is 0 Å². The Morgan fingerprint density at radius 2 is 1.00 bits per heavy atom. The van der Waals surface area contributed by atoms with Gasteiger partial charge in [-0.1, -0.05) is 105 Å². The van der Waals surface area contributed by atoms with Gasteiger partial charge in [-0.3, -0.25) is 4.90 Å². The third kappa shape index (κ3) is 10.2. The molecule has 3 N–H and O–H groups in total. The minimum atomic E-state index is 0.877. The molecule has 0 aliphatic rings.